The maximum atomic E-state index is 13.3. The minimum Gasteiger partial charge on any atom is -0.294 e. The highest BCUT2D eigenvalue weighted by atomic mass is 16.1. The molecule has 19 heavy (non-hydrogen) atoms. The molecule has 2 saturated carbocycles. The Hall–Kier alpha value is -1.11. The Bertz CT molecular complexity index is 496. The van der Waals surface area contributed by atoms with Crippen LogP contribution in [0.5, 0.6) is 0 Å². The van der Waals surface area contributed by atoms with Gasteiger partial charge in [0.15, 0.2) is 5.78 Å². The lowest BCUT2D eigenvalue weighted by atomic mass is 9.66. The summed E-state index contributed by atoms with van der Waals surface area (Å²) in [5, 5.41) is 0. The van der Waals surface area contributed by atoms with Crippen molar-refractivity contribution in [2.75, 3.05) is 0 Å². The Morgan fingerprint density at radius 3 is 2.37 bits per heavy atom. The Morgan fingerprint density at radius 2 is 1.63 bits per heavy atom. The van der Waals surface area contributed by atoms with Gasteiger partial charge in [-0.25, -0.2) is 0 Å². The average Bonchev–Trinajstić information content (AvgIpc) is 2.98. The predicted molar refractivity (Wildman–Crippen MR) is 76.2 cm³/mol. The van der Waals surface area contributed by atoms with Gasteiger partial charge in [0, 0.05) is 11.0 Å². The molecule has 2 fully saturated rings. The average molecular weight is 254 g/mol. The molecule has 1 nitrogen and oxygen atoms in total. The molecule has 3 aliphatic carbocycles. The van der Waals surface area contributed by atoms with E-state index in [1.54, 1.807) is 0 Å². The molecule has 2 bridgehead atoms. The fraction of sp³-hybridized carbons (Fsp3) is 0.611. The first-order valence-electron chi connectivity index (χ1n) is 7.95. The van der Waals surface area contributed by atoms with Crippen LogP contribution in [-0.4, -0.2) is 5.78 Å². The summed E-state index contributed by atoms with van der Waals surface area (Å²) in [4.78, 5) is 13.3. The molecule has 0 heterocycles. The van der Waals surface area contributed by atoms with E-state index < -0.39 is 0 Å². The molecule has 0 aromatic heterocycles. The smallest absolute Gasteiger partial charge is 0.169 e. The van der Waals surface area contributed by atoms with Crippen molar-refractivity contribution >= 4 is 5.78 Å². The standard InChI is InChI=1S/C18H22O/c19-17-16-7-2-1-5-13(16)6-3-4-12-18(17)14-8-9-15(18)11-10-14/h1-2,5,7,14-15H,3-4,6,8-12H2. The monoisotopic (exact) mass is 254 g/mol. The number of fused-ring (bicyclic) bond motifs is 1. The van der Waals surface area contributed by atoms with Gasteiger partial charge in [-0.3, -0.25) is 4.79 Å². The molecule has 1 aromatic carbocycles. The zero-order valence-corrected chi connectivity index (χ0v) is 11.5. The predicted octanol–water partition coefficient (Wildman–Crippen LogP) is 4.40. The van der Waals surface area contributed by atoms with Gasteiger partial charge < -0.3 is 0 Å². The molecular formula is C18H22O. The van der Waals surface area contributed by atoms with E-state index in [0.717, 1.165) is 18.4 Å². The molecule has 0 radical (unpaired) electrons. The van der Waals surface area contributed by atoms with Crippen LogP contribution in [0, 0.1) is 17.3 Å². The molecule has 3 aliphatic rings. The van der Waals surface area contributed by atoms with Crippen LogP contribution in [0.4, 0.5) is 0 Å². The lowest BCUT2D eigenvalue weighted by Gasteiger charge is -2.35. The second kappa shape index (κ2) is 4.19. The van der Waals surface area contributed by atoms with Crippen molar-refractivity contribution in [1.29, 1.82) is 0 Å². The van der Waals surface area contributed by atoms with Crippen LogP contribution in [0.2, 0.25) is 0 Å². The number of rotatable bonds is 0. The first-order valence-corrected chi connectivity index (χ1v) is 7.95. The van der Waals surface area contributed by atoms with E-state index in [1.807, 2.05) is 6.07 Å². The number of Topliss-reactive ketones (excluding diaryl/α,β-unsaturated/α-hetero) is 1. The van der Waals surface area contributed by atoms with Crippen LogP contribution < -0.4 is 0 Å². The number of carbonyl (C=O) groups is 1. The summed E-state index contributed by atoms with van der Waals surface area (Å²) in [7, 11) is 0. The van der Waals surface area contributed by atoms with Gasteiger partial charge in [0.1, 0.15) is 0 Å². The zero-order valence-electron chi connectivity index (χ0n) is 11.5. The summed E-state index contributed by atoms with van der Waals surface area (Å²) in [5.74, 6) is 1.89. The summed E-state index contributed by atoms with van der Waals surface area (Å²) in [6, 6.07) is 8.39. The quantitative estimate of drug-likeness (QED) is 0.670. The molecule has 100 valence electrons. The van der Waals surface area contributed by atoms with E-state index in [9.17, 15) is 4.79 Å². The molecule has 0 saturated heterocycles. The van der Waals surface area contributed by atoms with Crippen molar-refractivity contribution in [2.24, 2.45) is 17.3 Å². The van der Waals surface area contributed by atoms with Crippen LogP contribution in [0.1, 0.15) is 60.9 Å². The van der Waals surface area contributed by atoms with Crippen molar-refractivity contribution in [3.63, 3.8) is 0 Å². The fourth-order valence-electron chi connectivity index (χ4n) is 5.29. The zero-order chi connectivity index (χ0) is 12.9. The summed E-state index contributed by atoms with van der Waals surface area (Å²) in [6.45, 7) is 0. The summed E-state index contributed by atoms with van der Waals surface area (Å²) in [5.41, 5.74) is 2.40. The second-order valence-electron chi connectivity index (χ2n) is 6.78. The van der Waals surface area contributed by atoms with E-state index in [1.165, 1.54) is 44.1 Å². The topological polar surface area (TPSA) is 17.1 Å². The Kier molecular flexibility index (Phi) is 2.58. The molecule has 0 aliphatic heterocycles. The van der Waals surface area contributed by atoms with Crippen LogP contribution in [0.3, 0.4) is 0 Å². The fourth-order valence-corrected chi connectivity index (χ4v) is 5.29. The Labute approximate surface area is 115 Å². The summed E-state index contributed by atoms with van der Waals surface area (Å²) < 4.78 is 0. The number of carbonyl (C=O) groups excluding carboxylic acids is 1. The first kappa shape index (κ1) is 11.7. The van der Waals surface area contributed by atoms with Gasteiger partial charge in [-0.1, -0.05) is 30.7 Å². The van der Waals surface area contributed by atoms with Gasteiger partial charge >= 0.3 is 0 Å². The van der Waals surface area contributed by atoms with Gasteiger partial charge in [-0.05, 0) is 62.3 Å². The van der Waals surface area contributed by atoms with Crippen molar-refractivity contribution in [2.45, 2.75) is 51.4 Å². The third-order valence-corrected chi connectivity index (χ3v) is 6.16. The van der Waals surface area contributed by atoms with E-state index in [0.29, 0.717) is 17.6 Å². The third kappa shape index (κ3) is 1.50. The minimum absolute atomic E-state index is 0.0382. The molecule has 4 rings (SSSR count). The minimum atomic E-state index is 0.0382. The number of aryl methyl sites for hydroxylation is 1. The lowest BCUT2D eigenvalue weighted by molar-refractivity contribution is 0.0663. The number of hydrogen-bond donors (Lipinski definition) is 0. The van der Waals surface area contributed by atoms with E-state index in [-0.39, 0.29) is 5.41 Å². The maximum absolute atomic E-state index is 13.3. The SMILES string of the molecule is O=C1c2ccccc2CCCCC12C1CCC2CC1. The molecule has 1 spiro atoms. The van der Waals surface area contributed by atoms with E-state index in [2.05, 4.69) is 18.2 Å². The molecule has 1 heteroatoms. The van der Waals surface area contributed by atoms with Gasteiger partial charge in [0.05, 0.1) is 0 Å². The van der Waals surface area contributed by atoms with Crippen molar-refractivity contribution in [1.82, 2.24) is 0 Å². The molecule has 0 atom stereocenters. The van der Waals surface area contributed by atoms with E-state index >= 15 is 0 Å². The number of ketones is 1. The van der Waals surface area contributed by atoms with Gasteiger partial charge in [0.2, 0.25) is 0 Å². The molecule has 0 unspecified atom stereocenters. The Morgan fingerprint density at radius 1 is 0.947 bits per heavy atom. The van der Waals surface area contributed by atoms with Crippen LogP contribution in [0.15, 0.2) is 24.3 Å². The van der Waals surface area contributed by atoms with Crippen LogP contribution >= 0.6 is 0 Å². The number of hydrogen-bond acceptors (Lipinski definition) is 1. The lowest BCUT2D eigenvalue weighted by Crippen LogP contribution is -2.37. The number of benzene rings is 1. The van der Waals surface area contributed by atoms with Crippen LogP contribution in [0.25, 0.3) is 0 Å². The van der Waals surface area contributed by atoms with Gasteiger partial charge in [-0.15, -0.1) is 0 Å². The highest BCUT2D eigenvalue weighted by Gasteiger charge is 2.58. The van der Waals surface area contributed by atoms with Gasteiger partial charge in [0.25, 0.3) is 0 Å². The Balaban J connectivity index is 1.84. The highest BCUT2D eigenvalue weighted by molar-refractivity contribution is 6.02. The molecule has 0 N–H and O–H groups in total. The normalized spacial score (nSPS) is 37.2. The van der Waals surface area contributed by atoms with Crippen molar-refractivity contribution < 1.29 is 4.79 Å². The molecule has 0 amide bonds. The second-order valence-corrected chi connectivity index (χ2v) is 6.78. The maximum Gasteiger partial charge on any atom is 0.169 e. The largest absolute Gasteiger partial charge is 0.294 e. The van der Waals surface area contributed by atoms with Gasteiger partial charge in [-0.2, -0.15) is 0 Å². The molecular weight excluding hydrogens is 232 g/mol. The van der Waals surface area contributed by atoms with Crippen molar-refractivity contribution in [3.05, 3.63) is 35.4 Å². The summed E-state index contributed by atoms with van der Waals surface area (Å²) in [6.07, 6.45) is 9.97. The molecule has 1 aromatic rings. The third-order valence-electron chi connectivity index (χ3n) is 6.16. The van der Waals surface area contributed by atoms with Crippen molar-refractivity contribution in [3.8, 4) is 0 Å². The summed E-state index contributed by atoms with van der Waals surface area (Å²) >= 11 is 0. The first-order chi connectivity index (χ1) is 9.32. The van der Waals surface area contributed by atoms with E-state index in [4.69, 9.17) is 0 Å². The highest BCUT2D eigenvalue weighted by Crippen LogP contribution is 2.62. The van der Waals surface area contributed by atoms with Crippen LogP contribution in [-0.2, 0) is 6.42 Å².